The van der Waals surface area contributed by atoms with Crippen LogP contribution in [0.2, 0.25) is 5.15 Å². The minimum atomic E-state index is -0.0747. The van der Waals surface area contributed by atoms with Gasteiger partial charge >= 0.3 is 0 Å². The quantitative estimate of drug-likeness (QED) is 0.237. The Morgan fingerprint density at radius 1 is 0.765 bits per heavy atom. The lowest BCUT2D eigenvalue weighted by molar-refractivity contribution is 0.592. The van der Waals surface area contributed by atoms with Gasteiger partial charge in [0, 0.05) is 24.2 Å². The fourth-order valence-electron chi connectivity index (χ4n) is 3.40. The van der Waals surface area contributed by atoms with E-state index >= 15 is 0 Å². The Labute approximate surface area is 210 Å². The van der Waals surface area contributed by atoms with Gasteiger partial charge in [-0.25, -0.2) is 19.9 Å². The number of halogens is 1. The standard InChI is InChI=1S/C11H12ClN3OS.C11H14N4OS/c2*1-6(2)15-8(16)5-4-7-9(12)13-11(17-3)14-10(7)15/h4-6H,1-3H3;4-6H,1-3H3,(H2,12,13,14). The maximum atomic E-state index is 11.8. The Balaban J connectivity index is 0.000000191. The van der Waals surface area contributed by atoms with E-state index in [-0.39, 0.29) is 23.2 Å². The highest BCUT2D eigenvalue weighted by Crippen LogP contribution is 2.24. The monoisotopic (exact) mass is 519 g/mol. The molecule has 2 N–H and O–H groups in total. The molecule has 0 aliphatic rings. The zero-order chi connectivity index (χ0) is 25.2. The van der Waals surface area contributed by atoms with Crippen LogP contribution in [-0.2, 0) is 0 Å². The molecule has 0 fully saturated rings. The molecule has 0 aliphatic carbocycles. The largest absolute Gasteiger partial charge is 0.383 e. The third kappa shape index (κ3) is 5.21. The van der Waals surface area contributed by atoms with Crippen LogP contribution in [0.15, 0.2) is 44.2 Å². The molecule has 0 unspecified atom stereocenters. The van der Waals surface area contributed by atoms with Crippen molar-refractivity contribution in [3.05, 3.63) is 50.1 Å². The minimum absolute atomic E-state index is 0.0341. The van der Waals surface area contributed by atoms with Gasteiger partial charge in [0.05, 0.1) is 10.8 Å². The fraction of sp³-hybridized carbons (Fsp3) is 0.364. The van der Waals surface area contributed by atoms with E-state index in [1.165, 1.54) is 35.7 Å². The number of pyridine rings is 2. The van der Waals surface area contributed by atoms with Crippen molar-refractivity contribution in [3.63, 3.8) is 0 Å². The van der Waals surface area contributed by atoms with E-state index in [1.54, 1.807) is 21.3 Å². The first-order valence-corrected chi connectivity index (χ1v) is 13.3. The number of nitrogens with zero attached hydrogens (tertiary/aromatic N) is 6. The molecule has 0 aromatic carbocycles. The second-order valence-corrected chi connectivity index (χ2v) is 9.75. The Bertz CT molecular complexity index is 1360. The molecule has 4 heterocycles. The molecule has 12 heteroatoms. The van der Waals surface area contributed by atoms with E-state index in [0.717, 1.165) is 5.39 Å². The first-order chi connectivity index (χ1) is 16.1. The smallest absolute Gasteiger partial charge is 0.252 e. The lowest BCUT2D eigenvalue weighted by Crippen LogP contribution is -2.22. The summed E-state index contributed by atoms with van der Waals surface area (Å²) in [5, 5.41) is 2.96. The summed E-state index contributed by atoms with van der Waals surface area (Å²) in [4.78, 5) is 40.7. The lowest BCUT2D eigenvalue weighted by atomic mass is 10.2. The van der Waals surface area contributed by atoms with E-state index < -0.39 is 0 Å². The topological polar surface area (TPSA) is 122 Å². The lowest BCUT2D eigenvalue weighted by Gasteiger charge is -2.13. The molecular formula is C22H26ClN7O2S2. The molecule has 0 saturated carbocycles. The van der Waals surface area contributed by atoms with Gasteiger partial charge in [0.15, 0.2) is 10.3 Å². The van der Waals surface area contributed by atoms with Crippen LogP contribution in [0.5, 0.6) is 0 Å². The van der Waals surface area contributed by atoms with Gasteiger partial charge in [-0.05, 0) is 52.3 Å². The van der Waals surface area contributed by atoms with Crippen LogP contribution < -0.4 is 16.9 Å². The SMILES string of the molecule is CSc1nc(Cl)c2ccc(=O)n(C(C)C)c2n1.CSc1nc(N)c2ccc(=O)n(C(C)C)c2n1. The molecule has 9 nitrogen and oxygen atoms in total. The van der Waals surface area contributed by atoms with Gasteiger partial charge in [0.1, 0.15) is 22.3 Å². The second-order valence-electron chi connectivity index (χ2n) is 7.84. The predicted octanol–water partition coefficient (Wildman–Crippen LogP) is 4.42. The van der Waals surface area contributed by atoms with Crippen molar-refractivity contribution in [1.82, 2.24) is 29.1 Å². The molecule has 0 saturated heterocycles. The number of anilines is 1. The normalized spacial score (nSPS) is 11.3. The zero-order valence-corrected chi connectivity index (χ0v) is 22.1. The number of hydrogen-bond donors (Lipinski definition) is 1. The maximum absolute atomic E-state index is 11.8. The summed E-state index contributed by atoms with van der Waals surface area (Å²) >= 11 is 8.90. The van der Waals surface area contributed by atoms with Crippen LogP contribution in [0.1, 0.15) is 39.8 Å². The summed E-state index contributed by atoms with van der Waals surface area (Å²) in [6.45, 7) is 7.76. The second kappa shape index (κ2) is 10.7. The van der Waals surface area contributed by atoms with Crippen molar-refractivity contribution in [2.45, 2.75) is 50.1 Å². The van der Waals surface area contributed by atoms with Gasteiger partial charge in [0.2, 0.25) is 0 Å². The van der Waals surface area contributed by atoms with Crippen LogP contribution in [0.3, 0.4) is 0 Å². The number of nitrogens with two attached hydrogens (primary N) is 1. The number of fused-ring (bicyclic) bond motifs is 2. The molecule has 0 atom stereocenters. The first-order valence-electron chi connectivity index (χ1n) is 10.4. The molecule has 0 spiro atoms. The average Bonchev–Trinajstić information content (AvgIpc) is 2.78. The molecule has 4 rings (SSSR count). The molecule has 4 aromatic rings. The van der Waals surface area contributed by atoms with Crippen LogP contribution >= 0.6 is 35.1 Å². The van der Waals surface area contributed by atoms with Crippen LogP contribution in [0.25, 0.3) is 22.1 Å². The van der Waals surface area contributed by atoms with Crippen molar-refractivity contribution in [2.24, 2.45) is 0 Å². The number of nitrogen functional groups attached to an aromatic ring is 1. The van der Waals surface area contributed by atoms with E-state index in [2.05, 4.69) is 19.9 Å². The van der Waals surface area contributed by atoms with Crippen molar-refractivity contribution >= 4 is 63.0 Å². The Morgan fingerprint density at radius 3 is 1.68 bits per heavy atom. The van der Waals surface area contributed by atoms with Gasteiger partial charge in [-0.3, -0.25) is 18.7 Å². The molecule has 0 bridgehead atoms. The van der Waals surface area contributed by atoms with E-state index in [0.29, 0.717) is 38.0 Å². The first kappa shape index (κ1) is 26.0. The summed E-state index contributed by atoms with van der Waals surface area (Å²) in [5.41, 5.74) is 6.92. The predicted molar refractivity (Wildman–Crippen MR) is 141 cm³/mol. The van der Waals surface area contributed by atoms with Crippen molar-refractivity contribution in [1.29, 1.82) is 0 Å². The minimum Gasteiger partial charge on any atom is -0.383 e. The highest BCUT2D eigenvalue weighted by Gasteiger charge is 2.13. The highest BCUT2D eigenvalue weighted by atomic mass is 35.5. The Morgan fingerprint density at radius 2 is 1.21 bits per heavy atom. The highest BCUT2D eigenvalue weighted by molar-refractivity contribution is 7.98. The summed E-state index contributed by atoms with van der Waals surface area (Å²) in [5.74, 6) is 0.411. The van der Waals surface area contributed by atoms with Crippen LogP contribution in [0.4, 0.5) is 5.82 Å². The number of rotatable bonds is 4. The fourth-order valence-corrected chi connectivity index (χ4v) is 4.40. The summed E-state index contributed by atoms with van der Waals surface area (Å²) in [6, 6.07) is 6.41. The number of hydrogen-bond acceptors (Lipinski definition) is 9. The van der Waals surface area contributed by atoms with Crippen LogP contribution in [-0.4, -0.2) is 41.6 Å². The molecule has 180 valence electrons. The van der Waals surface area contributed by atoms with Crippen molar-refractivity contribution in [3.8, 4) is 0 Å². The molecule has 0 aliphatic heterocycles. The van der Waals surface area contributed by atoms with Gasteiger partial charge in [-0.2, -0.15) is 0 Å². The molecule has 34 heavy (non-hydrogen) atoms. The molecule has 0 radical (unpaired) electrons. The molecule has 0 amide bonds. The van der Waals surface area contributed by atoms with E-state index in [1.807, 2.05) is 40.2 Å². The summed E-state index contributed by atoms with van der Waals surface area (Å²) in [7, 11) is 0. The van der Waals surface area contributed by atoms with Crippen LogP contribution in [0, 0.1) is 0 Å². The molecule has 4 aromatic heterocycles. The van der Waals surface area contributed by atoms with Gasteiger partial charge in [-0.15, -0.1) is 0 Å². The maximum Gasteiger partial charge on any atom is 0.252 e. The van der Waals surface area contributed by atoms with Gasteiger partial charge < -0.3 is 5.73 Å². The van der Waals surface area contributed by atoms with Crippen molar-refractivity contribution in [2.75, 3.05) is 18.2 Å². The zero-order valence-electron chi connectivity index (χ0n) is 19.7. The summed E-state index contributed by atoms with van der Waals surface area (Å²) in [6.07, 6.45) is 3.75. The van der Waals surface area contributed by atoms with Gasteiger partial charge in [0.25, 0.3) is 11.1 Å². The van der Waals surface area contributed by atoms with Crippen molar-refractivity contribution < 1.29 is 0 Å². The third-order valence-electron chi connectivity index (χ3n) is 4.91. The van der Waals surface area contributed by atoms with E-state index in [9.17, 15) is 9.59 Å². The average molecular weight is 520 g/mol. The number of aromatic nitrogens is 6. The summed E-state index contributed by atoms with van der Waals surface area (Å²) < 4.78 is 3.26. The Hall–Kier alpha value is -2.63. The van der Waals surface area contributed by atoms with Gasteiger partial charge in [-0.1, -0.05) is 35.1 Å². The van der Waals surface area contributed by atoms with E-state index in [4.69, 9.17) is 17.3 Å². The third-order valence-corrected chi connectivity index (χ3v) is 6.29. The number of thioether (sulfide) groups is 2. The molecular weight excluding hydrogens is 494 g/mol. The Kier molecular flexibility index (Phi) is 8.21.